The molecule has 0 spiro atoms. The van der Waals surface area contributed by atoms with Gasteiger partial charge in [0.1, 0.15) is 17.2 Å². The normalized spacial score (nSPS) is 11.4. The third kappa shape index (κ3) is 3.60. The number of phenols is 1. The molecule has 5 nitrogen and oxygen atoms in total. The molecular weight excluding hydrogens is 311 g/mol. The fraction of sp³-hybridized carbons (Fsp3) is 0.0667. The van der Waals surface area contributed by atoms with E-state index in [0.29, 0.717) is 16.9 Å². The van der Waals surface area contributed by atoms with Gasteiger partial charge in [-0.15, -0.1) is 18.3 Å². The zero-order valence-corrected chi connectivity index (χ0v) is 11.5. The van der Waals surface area contributed by atoms with Crippen molar-refractivity contribution in [1.82, 2.24) is 15.0 Å². The summed E-state index contributed by atoms with van der Waals surface area (Å²) in [5, 5.41) is 17.3. The first-order valence-corrected chi connectivity index (χ1v) is 6.49. The van der Waals surface area contributed by atoms with Crippen LogP contribution in [0.25, 0.3) is 16.9 Å². The average Bonchev–Trinajstić information content (AvgIpc) is 2.96. The van der Waals surface area contributed by atoms with Gasteiger partial charge >= 0.3 is 6.36 Å². The standard InChI is InChI=1S/C15H10F3N3O2/c16-15(17,18)23-13-6-4-10(5-7-13)14-9-21(20-19-14)11-2-1-3-12(22)8-11/h1-9,22H. The number of aromatic hydroxyl groups is 1. The molecule has 0 saturated carbocycles. The maximum absolute atomic E-state index is 12.1. The molecule has 23 heavy (non-hydrogen) atoms. The fourth-order valence-electron chi connectivity index (χ4n) is 1.99. The molecule has 0 aliphatic heterocycles. The molecule has 0 aliphatic carbocycles. The SMILES string of the molecule is Oc1cccc(-n2cc(-c3ccc(OC(F)(F)F)cc3)nn2)c1. The largest absolute Gasteiger partial charge is 0.573 e. The Morgan fingerprint density at radius 2 is 1.78 bits per heavy atom. The van der Waals surface area contributed by atoms with Crippen molar-refractivity contribution in [1.29, 1.82) is 0 Å². The number of ether oxygens (including phenoxy) is 1. The summed E-state index contributed by atoms with van der Waals surface area (Å²) < 4.78 is 41.6. The minimum Gasteiger partial charge on any atom is -0.508 e. The molecule has 118 valence electrons. The Morgan fingerprint density at radius 1 is 1.04 bits per heavy atom. The lowest BCUT2D eigenvalue weighted by molar-refractivity contribution is -0.274. The minimum atomic E-state index is -4.72. The summed E-state index contributed by atoms with van der Waals surface area (Å²) in [5.41, 5.74) is 1.68. The smallest absolute Gasteiger partial charge is 0.508 e. The van der Waals surface area contributed by atoms with Crippen LogP contribution < -0.4 is 4.74 Å². The Balaban J connectivity index is 1.83. The predicted octanol–water partition coefficient (Wildman–Crippen LogP) is 3.54. The van der Waals surface area contributed by atoms with E-state index in [1.54, 1.807) is 18.3 Å². The Labute approximate surface area is 128 Å². The Morgan fingerprint density at radius 3 is 2.43 bits per heavy atom. The predicted molar refractivity (Wildman–Crippen MR) is 75.1 cm³/mol. The van der Waals surface area contributed by atoms with Crippen LogP contribution in [-0.4, -0.2) is 26.5 Å². The van der Waals surface area contributed by atoms with Gasteiger partial charge in [-0.05, 0) is 36.4 Å². The van der Waals surface area contributed by atoms with E-state index in [2.05, 4.69) is 15.0 Å². The van der Waals surface area contributed by atoms with Gasteiger partial charge in [0.15, 0.2) is 0 Å². The third-order valence-electron chi connectivity index (χ3n) is 2.97. The van der Waals surface area contributed by atoms with E-state index in [4.69, 9.17) is 0 Å². The highest BCUT2D eigenvalue weighted by Crippen LogP contribution is 2.26. The Hall–Kier alpha value is -3.03. The molecule has 3 rings (SSSR count). The molecule has 0 bridgehead atoms. The lowest BCUT2D eigenvalue weighted by Crippen LogP contribution is -2.16. The molecule has 2 aromatic carbocycles. The van der Waals surface area contributed by atoms with Gasteiger partial charge in [0, 0.05) is 11.6 Å². The van der Waals surface area contributed by atoms with Crippen LogP contribution in [0.5, 0.6) is 11.5 Å². The second-order valence-corrected chi connectivity index (χ2v) is 4.64. The maximum Gasteiger partial charge on any atom is 0.573 e. The molecule has 0 atom stereocenters. The molecule has 0 saturated heterocycles. The van der Waals surface area contributed by atoms with Crippen molar-refractivity contribution in [2.75, 3.05) is 0 Å². The second kappa shape index (κ2) is 5.64. The Kier molecular flexibility index (Phi) is 3.65. The van der Waals surface area contributed by atoms with Gasteiger partial charge < -0.3 is 9.84 Å². The summed E-state index contributed by atoms with van der Waals surface area (Å²) in [7, 11) is 0. The number of nitrogens with zero attached hydrogens (tertiary/aromatic N) is 3. The van der Waals surface area contributed by atoms with Crippen LogP contribution in [0.1, 0.15) is 0 Å². The van der Waals surface area contributed by atoms with Gasteiger partial charge in [-0.3, -0.25) is 0 Å². The van der Waals surface area contributed by atoms with Gasteiger partial charge in [-0.25, -0.2) is 4.68 Å². The van der Waals surface area contributed by atoms with Gasteiger partial charge in [0.2, 0.25) is 0 Å². The summed E-state index contributed by atoms with van der Waals surface area (Å²) in [6.45, 7) is 0. The molecule has 8 heteroatoms. The van der Waals surface area contributed by atoms with Crippen LogP contribution in [0.3, 0.4) is 0 Å². The first kappa shape index (κ1) is 14.9. The molecule has 0 aliphatic rings. The summed E-state index contributed by atoms with van der Waals surface area (Å²) in [5.74, 6) is -0.213. The number of halogens is 3. The van der Waals surface area contributed by atoms with Crippen LogP contribution in [0.15, 0.2) is 54.7 Å². The molecular formula is C15H10F3N3O2. The molecule has 0 fully saturated rings. The van der Waals surface area contributed by atoms with E-state index in [9.17, 15) is 18.3 Å². The fourth-order valence-corrected chi connectivity index (χ4v) is 1.99. The van der Waals surface area contributed by atoms with E-state index in [0.717, 1.165) is 0 Å². The molecule has 1 N–H and O–H groups in total. The molecule has 0 amide bonds. The van der Waals surface area contributed by atoms with Crippen molar-refractivity contribution >= 4 is 0 Å². The first-order chi connectivity index (χ1) is 10.9. The van der Waals surface area contributed by atoms with E-state index < -0.39 is 6.36 Å². The van der Waals surface area contributed by atoms with Crippen molar-refractivity contribution in [3.63, 3.8) is 0 Å². The van der Waals surface area contributed by atoms with Crippen molar-refractivity contribution in [3.05, 3.63) is 54.7 Å². The third-order valence-corrected chi connectivity index (χ3v) is 2.97. The maximum atomic E-state index is 12.1. The van der Waals surface area contributed by atoms with Crippen LogP contribution >= 0.6 is 0 Å². The highest BCUT2D eigenvalue weighted by atomic mass is 19.4. The number of hydrogen-bond acceptors (Lipinski definition) is 4. The highest BCUT2D eigenvalue weighted by Gasteiger charge is 2.30. The number of alkyl halides is 3. The number of aromatic nitrogens is 3. The van der Waals surface area contributed by atoms with Crippen molar-refractivity contribution < 1.29 is 23.0 Å². The lowest BCUT2D eigenvalue weighted by Gasteiger charge is -2.08. The zero-order valence-electron chi connectivity index (χ0n) is 11.5. The van der Waals surface area contributed by atoms with Crippen molar-refractivity contribution in [2.45, 2.75) is 6.36 Å². The molecule has 0 unspecified atom stereocenters. The number of benzene rings is 2. The highest BCUT2D eigenvalue weighted by molar-refractivity contribution is 5.59. The summed E-state index contributed by atoms with van der Waals surface area (Å²) in [6.07, 6.45) is -3.12. The van der Waals surface area contributed by atoms with Crippen LogP contribution in [0.2, 0.25) is 0 Å². The lowest BCUT2D eigenvalue weighted by atomic mass is 10.1. The Bertz CT molecular complexity index is 813. The molecule has 1 heterocycles. The van der Waals surface area contributed by atoms with E-state index in [1.807, 2.05) is 0 Å². The number of hydrogen-bond donors (Lipinski definition) is 1. The van der Waals surface area contributed by atoms with E-state index in [-0.39, 0.29) is 11.5 Å². The van der Waals surface area contributed by atoms with Gasteiger partial charge in [0.05, 0.1) is 11.9 Å². The zero-order chi connectivity index (χ0) is 16.4. The summed E-state index contributed by atoms with van der Waals surface area (Å²) >= 11 is 0. The monoisotopic (exact) mass is 321 g/mol. The first-order valence-electron chi connectivity index (χ1n) is 6.49. The second-order valence-electron chi connectivity index (χ2n) is 4.64. The van der Waals surface area contributed by atoms with Crippen molar-refractivity contribution in [3.8, 4) is 28.4 Å². The number of rotatable bonds is 3. The quantitative estimate of drug-likeness (QED) is 0.801. The average molecular weight is 321 g/mol. The topological polar surface area (TPSA) is 60.2 Å². The van der Waals surface area contributed by atoms with Gasteiger partial charge in [0.25, 0.3) is 0 Å². The van der Waals surface area contributed by atoms with Crippen LogP contribution in [0.4, 0.5) is 13.2 Å². The number of phenolic OH excluding ortho intramolecular Hbond substituents is 1. The summed E-state index contributed by atoms with van der Waals surface area (Å²) in [6, 6.07) is 11.8. The summed E-state index contributed by atoms with van der Waals surface area (Å²) in [4.78, 5) is 0. The van der Waals surface area contributed by atoms with Crippen LogP contribution in [-0.2, 0) is 0 Å². The van der Waals surface area contributed by atoms with Gasteiger partial charge in [-0.2, -0.15) is 0 Å². The van der Waals surface area contributed by atoms with Crippen molar-refractivity contribution in [2.24, 2.45) is 0 Å². The molecule has 3 aromatic rings. The molecule has 1 aromatic heterocycles. The minimum absolute atomic E-state index is 0.0909. The van der Waals surface area contributed by atoms with Crippen LogP contribution in [0, 0.1) is 0 Å². The van der Waals surface area contributed by atoms with Gasteiger partial charge in [-0.1, -0.05) is 11.3 Å². The van der Waals surface area contributed by atoms with E-state index >= 15 is 0 Å². The molecule has 0 radical (unpaired) electrons. The van der Waals surface area contributed by atoms with E-state index in [1.165, 1.54) is 41.1 Å².